The first kappa shape index (κ1) is 16.6. The van der Waals surface area contributed by atoms with E-state index < -0.39 is 28.2 Å². The summed E-state index contributed by atoms with van der Waals surface area (Å²) in [5.74, 6) is -1.08. The fourth-order valence-corrected chi connectivity index (χ4v) is 1.66. The normalized spacial score (nSPS) is 12.1. The molecule has 0 radical (unpaired) electrons. The number of rotatable bonds is 4. The van der Waals surface area contributed by atoms with Gasteiger partial charge in [0.2, 0.25) is 0 Å². The summed E-state index contributed by atoms with van der Waals surface area (Å²) >= 11 is 0. The molecule has 0 spiro atoms. The molecular weight excluding hydrogens is 263 g/mol. The Hall–Kier alpha value is -1.40. The molecule has 3 N–H and O–H groups in total. The number of hydrogen-bond acceptors (Lipinski definition) is 4. The molecule has 1 aromatic carbocycles. The summed E-state index contributed by atoms with van der Waals surface area (Å²) in [4.78, 5) is 9.78. The van der Waals surface area contributed by atoms with Crippen molar-refractivity contribution in [1.82, 2.24) is 0 Å². The highest BCUT2D eigenvalue weighted by Crippen LogP contribution is 2.35. The van der Waals surface area contributed by atoms with Gasteiger partial charge in [0.15, 0.2) is 5.75 Å². The smallest absolute Gasteiger partial charge is 0.313 e. The van der Waals surface area contributed by atoms with Crippen LogP contribution in [0.5, 0.6) is 5.75 Å². The SMILES string of the molecule is CC(C)C[C@@H](N)c1cc(F)cc([N+](=O)[O-])c1O.Cl. The second-order valence-electron chi connectivity index (χ2n) is 4.36. The van der Waals surface area contributed by atoms with E-state index in [0.29, 0.717) is 12.5 Å². The monoisotopic (exact) mass is 278 g/mol. The van der Waals surface area contributed by atoms with E-state index in [1.165, 1.54) is 0 Å². The first-order valence-corrected chi connectivity index (χ1v) is 5.25. The van der Waals surface area contributed by atoms with Gasteiger partial charge in [0.05, 0.1) is 11.0 Å². The van der Waals surface area contributed by atoms with Crippen LogP contribution in [0.3, 0.4) is 0 Å². The average molecular weight is 279 g/mol. The van der Waals surface area contributed by atoms with Gasteiger partial charge in [-0.05, 0) is 18.4 Å². The quantitative estimate of drug-likeness (QED) is 0.654. The molecule has 0 saturated heterocycles. The van der Waals surface area contributed by atoms with Gasteiger partial charge < -0.3 is 10.8 Å². The minimum Gasteiger partial charge on any atom is -0.502 e. The molecule has 1 aromatic rings. The Morgan fingerprint density at radius 3 is 2.50 bits per heavy atom. The molecule has 0 amide bonds. The van der Waals surface area contributed by atoms with Gasteiger partial charge in [0, 0.05) is 11.6 Å². The lowest BCUT2D eigenvalue weighted by molar-refractivity contribution is -0.386. The molecule has 1 rings (SSSR count). The van der Waals surface area contributed by atoms with Gasteiger partial charge in [0.25, 0.3) is 0 Å². The zero-order chi connectivity index (χ0) is 13.2. The minimum absolute atomic E-state index is 0. The van der Waals surface area contributed by atoms with Gasteiger partial charge in [-0.1, -0.05) is 13.8 Å². The van der Waals surface area contributed by atoms with Gasteiger partial charge in [-0.2, -0.15) is 0 Å². The molecule has 0 aromatic heterocycles. The van der Waals surface area contributed by atoms with Crippen molar-refractivity contribution in [2.75, 3.05) is 0 Å². The fraction of sp³-hybridized carbons (Fsp3) is 0.455. The van der Waals surface area contributed by atoms with Crippen molar-refractivity contribution in [3.63, 3.8) is 0 Å². The van der Waals surface area contributed by atoms with Crippen LogP contribution in [0.15, 0.2) is 12.1 Å². The van der Waals surface area contributed by atoms with Gasteiger partial charge in [-0.25, -0.2) is 4.39 Å². The van der Waals surface area contributed by atoms with Crippen LogP contribution in [-0.4, -0.2) is 10.0 Å². The summed E-state index contributed by atoms with van der Waals surface area (Å²) in [5, 5.41) is 20.3. The third-order valence-electron chi connectivity index (χ3n) is 2.41. The number of nitro benzene ring substituents is 1. The number of phenols is 1. The van der Waals surface area contributed by atoms with E-state index in [1.807, 2.05) is 13.8 Å². The van der Waals surface area contributed by atoms with Crippen LogP contribution >= 0.6 is 12.4 Å². The Bertz CT molecular complexity index is 441. The fourth-order valence-electron chi connectivity index (χ4n) is 1.66. The Kier molecular flexibility index (Phi) is 6.00. The molecule has 102 valence electrons. The Morgan fingerprint density at radius 1 is 1.50 bits per heavy atom. The topological polar surface area (TPSA) is 89.4 Å². The van der Waals surface area contributed by atoms with E-state index in [1.54, 1.807) is 0 Å². The molecule has 0 saturated carbocycles. The lowest BCUT2D eigenvalue weighted by atomic mass is 9.96. The van der Waals surface area contributed by atoms with Crippen molar-refractivity contribution in [3.8, 4) is 5.75 Å². The molecule has 0 heterocycles. The van der Waals surface area contributed by atoms with E-state index in [9.17, 15) is 19.6 Å². The highest BCUT2D eigenvalue weighted by Gasteiger charge is 2.23. The second-order valence-corrected chi connectivity index (χ2v) is 4.36. The maximum atomic E-state index is 13.2. The summed E-state index contributed by atoms with van der Waals surface area (Å²) in [6.07, 6.45) is 0.508. The maximum Gasteiger partial charge on any atom is 0.313 e. The van der Waals surface area contributed by atoms with E-state index in [2.05, 4.69) is 0 Å². The number of nitrogens with zero attached hydrogens (tertiary/aromatic N) is 1. The molecule has 0 fully saturated rings. The van der Waals surface area contributed by atoms with Crippen molar-refractivity contribution in [2.24, 2.45) is 11.7 Å². The molecule has 1 atom stereocenters. The van der Waals surface area contributed by atoms with Crippen LogP contribution in [0, 0.1) is 21.8 Å². The Morgan fingerprint density at radius 2 is 2.06 bits per heavy atom. The Balaban J connectivity index is 0.00000289. The standard InChI is InChI=1S/C11H15FN2O3.ClH/c1-6(2)3-9(13)8-4-7(12)5-10(11(8)15)14(16)17;/h4-6,9,15H,3,13H2,1-2H3;1H/t9-;/m1./s1. The third-order valence-corrected chi connectivity index (χ3v) is 2.41. The summed E-state index contributed by atoms with van der Waals surface area (Å²) < 4.78 is 13.2. The van der Waals surface area contributed by atoms with Crippen molar-refractivity contribution in [3.05, 3.63) is 33.6 Å². The number of nitro groups is 1. The molecule has 7 heteroatoms. The summed E-state index contributed by atoms with van der Waals surface area (Å²) in [6.45, 7) is 3.84. The highest BCUT2D eigenvalue weighted by atomic mass is 35.5. The molecule has 0 aliphatic carbocycles. The van der Waals surface area contributed by atoms with E-state index in [0.717, 1.165) is 6.07 Å². The summed E-state index contributed by atoms with van der Waals surface area (Å²) in [6, 6.07) is 1.10. The molecule has 5 nitrogen and oxygen atoms in total. The van der Waals surface area contributed by atoms with E-state index in [4.69, 9.17) is 5.73 Å². The highest BCUT2D eigenvalue weighted by molar-refractivity contribution is 5.85. The summed E-state index contributed by atoms with van der Waals surface area (Å²) in [7, 11) is 0. The minimum atomic E-state index is -0.829. The molecule has 18 heavy (non-hydrogen) atoms. The lowest BCUT2D eigenvalue weighted by Crippen LogP contribution is -2.14. The predicted octanol–water partition coefficient (Wildman–Crippen LogP) is 2.91. The number of halogens is 2. The third kappa shape index (κ3) is 3.82. The first-order chi connectivity index (χ1) is 7.82. The maximum absolute atomic E-state index is 13.2. The second kappa shape index (κ2) is 6.51. The molecular formula is C11H16ClFN2O3. The first-order valence-electron chi connectivity index (χ1n) is 5.25. The number of phenolic OH excluding ortho intramolecular Hbond substituents is 1. The average Bonchev–Trinajstić information content (AvgIpc) is 2.19. The molecule has 0 unspecified atom stereocenters. The number of hydrogen-bond donors (Lipinski definition) is 2. The van der Waals surface area contributed by atoms with Gasteiger partial charge >= 0.3 is 5.69 Å². The van der Waals surface area contributed by atoms with E-state index in [-0.39, 0.29) is 23.9 Å². The zero-order valence-electron chi connectivity index (χ0n) is 10.1. The number of nitrogens with two attached hydrogens (primary N) is 1. The largest absolute Gasteiger partial charge is 0.502 e. The lowest BCUT2D eigenvalue weighted by Gasteiger charge is -2.15. The van der Waals surface area contributed by atoms with Crippen LogP contribution < -0.4 is 5.73 Å². The van der Waals surface area contributed by atoms with Gasteiger partial charge in [0.1, 0.15) is 5.82 Å². The van der Waals surface area contributed by atoms with Crippen LogP contribution in [-0.2, 0) is 0 Å². The summed E-state index contributed by atoms with van der Waals surface area (Å²) in [5.41, 5.74) is 5.21. The van der Waals surface area contributed by atoms with Crippen molar-refractivity contribution >= 4 is 18.1 Å². The van der Waals surface area contributed by atoms with Crippen LogP contribution in [0.1, 0.15) is 31.9 Å². The van der Waals surface area contributed by atoms with Crippen LogP contribution in [0.2, 0.25) is 0 Å². The van der Waals surface area contributed by atoms with Gasteiger partial charge in [-0.3, -0.25) is 10.1 Å². The predicted molar refractivity (Wildman–Crippen MR) is 68.4 cm³/mol. The van der Waals surface area contributed by atoms with E-state index >= 15 is 0 Å². The number of aromatic hydroxyl groups is 1. The molecule has 0 bridgehead atoms. The van der Waals surface area contributed by atoms with Crippen molar-refractivity contribution < 1.29 is 14.4 Å². The number of benzene rings is 1. The molecule has 0 aliphatic rings. The Labute approximate surface area is 110 Å². The van der Waals surface area contributed by atoms with Gasteiger partial charge in [-0.15, -0.1) is 12.4 Å². The van der Waals surface area contributed by atoms with Crippen molar-refractivity contribution in [1.29, 1.82) is 0 Å². The van der Waals surface area contributed by atoms with Crippen LogP contribution in [0.25, 0.3) is 0 Å². The van der Waals surface area contributed by atoms with Crippen LogP contribution in [0.4, 0.5) is 10.1 Å². The zero-order valence-corrected chi connectivity index (χ0v) is 10.9. The van der Waals surface area contributed by atoms with Crippen molar-refractivity contribution in [2.45, 2.75) is 26.3 Å². The molecule has 0 aliphatic heterocycles.